The molecule has 0 bridgehead atoms. The average Bonchev–Trinajstić information content (AvgIpc) is 3.63. The SMILES string of the molecule is Cc1ccc(CNC(=O)c2cc(Cl)cc(C)c2NC(=O)c2cc(Cn3nnc(C(F)(F)F)n3)nn2-c2ncccc2Cl)nc1C. The van der Waals surface area contributed by atoms with Gasteiger partial charge in [0.1, 0.15) is 12.2 Å². The third kappa shape index (κ3) is 7.10. The van der Waals surface area contributed by atoms with Crippen LogP contribution in [0.5, 0.6) is 0 Å². The number of carbonyl (C=O) groups excluding carboxylic acids is 2. The van der Waals surface area contributed by atoms with Crippen molar-refractivity contribution in [3.63, 3.8) is 0 Å². The lowest BCUT2D eigenvalue weighted by Crippen LogP contribution is -2.26. The molecule has 0 fully saturated rings. The predicted molar refractivity (Wildman–Crippen MR) is 157 cm³/mol. The summed E-state index contributed by atoms with van der Waals surface area (Å²) < 4.78 is 40.1. The van der Waals surface area contributed by atoms with Crippen LogP contribution in [0.3, 0.4) is 0 Å². The number of aromatic nitrogens is 8. The molecule has 0 aliphatic carbocycles. The Morgan fingerprint density at radius 3 is 2.42 bits per heavy atom. The highest BCUT2D eigenvalue weighted by Crippen LogP contribution is 2.28. The van der Waals surface area contributed by atoms with Gasteiger partial charge in [-0.2, -0.15) is 23.1 Å². The molecule has 0 aliphatic rings. The molecule has 2 amide bonds. The van der Waals surface area contributed by atoms with E-state index < -0.39 is 23.8 Å². The number of nitrogens with zero attached hydrogens (tertiary/aromatic N) is 8. The second-order valence-corrected chi connectivity index (χ2v) is 10.7. The molecule has 1 aromatic carbocycles. The van der Waals surface area contributed by atoms with Crippen LogP contribution in [0.1, 0.15) is 54.9 Å². The number of hydrogen-bond donors (Lipinski definition) is 2. The van der Waals surface area contributed by atoms with Crippen LogP contribution in [-0.4, -0.2) is 51.8 Å². The smallest absolute Gasteiger partial charge is 0.346 e. The Kier molecular flexibility index (Phi) is 8.84. The van der Waals surface area contributed by atoms with Gasteiger partial charge in [-0.1, -0.05) is 29.3 Å². The fraction of sp³-hybridized carbons (Fsp3) is 0.214. The lowest BCUT2D eigenvalue weighted by atomic mass is 10.1. The number of aryl methyl sites for hydroxylation is 3. The van der Waals surface area contributed by atoms with E-state index >= 15 is 0 Å². The van der Waals surface area contributed by atoms with Crippen molar-refractivity contribution in [3.8, 4) is 5.82 Å². The van der Waals surface area contributed by atoms with E-state index in [4.69, 9.17) is 23.2 Å². The molecule has 232 valence electrons. The van der Waals surface area contributed by atoms with E-state index in [0.717, 1.165) is 15.9 Å². The Hall–Kier alpha value is -4.89. The van der Waals surface area contributed by atoms with E-state index in [1.807, 2.05) is 19.9 Å². The number of anilines is 1. The number of hydrogen-bond acceptors (Lipinski definition) is 8. The molecule has 2 N–H and O–H groups in total. The Balaban J connectivity index is 1.46. The minimum Gasteiger partial charge on any atom is -0.346 e. The van der Waals surface area contributed by atoms with Crippen molar-refractivity contribution < 1.29 is 22.8 Å². The van der Waals surface area contributed by atoms with Gasteiger partial charge in [-0.3, -0.25) is 14.6 Å². The van der Waals surface area contributed by atoms with Crippen LogP contribution >= 0.6 is 23.2 Å². The second kappa shape index (κ2) is 12.6. The zero-order valence-corrected chi connectivity index (χ0v) is 25.3. The zero-order valence-electron chi connectivity index (χ0n) is 23.8. The molecule has 0 unspecified atom stereocenters. The maximum atomic E-state index is 13.8. The highest BCUT2D eigenvalue weighted by atomic mass is 35.5. The number of alkyl halides is 3. The van der Waals surface area contributed by atoms with Crippen LogP contribution in [0, 0.1) is 20.8 Å². The molecule has 45 heavy (non-hydrogen) atoms. The molecule has 5 rings (SSSR count). The Morgan fingerprint density at radius 1 is 0.956 bits per heavy atom. The molecule has 0 saturated carbocycles. The van der Waals surface area contributed by atoms with Gasteiger partial charge in [0.25, 0.3) is 17.6 Å². The normalized spacial score (nSPS) is 11.5. The molecular weight excluding hydrogens is 636 g/mol. The number of rotatable bonds is 8. The predicted octanol–water partition coefficient (Wildman–Crippen LogP) is 5.13. The Bertz CT molecular complexity index is 1920. The number of tetrazole rings is 1. The van der Waals surface area contributed by atoms with Crippen LogP contribution in [-0.2, 0) is 19.3 Å². The van der Waals surface area contributed by atoms with Crippen molar-refractivity contribution in [3.05, 3.63) is 104 Å². The summed E-state index contributed by atoms with van der Waals surface area (Å²) in [5, 5.41) is 20.1. The first-order valence-electron chi connectivity index (χ1n) is 13.2. The molecule has 17 heteroatoms. The highest BCUT2D eigenvalue weighted by Gasteiger charge is 2.37. The van der Waals surface area contributed by atoms with E-state index in [1.54, 1.807) is 25.1 Å². The second-order valence-electron chi connectivity index (χ2n) is 9.87. The quantitative estimate of drug-likeness (QED) is 0.233. The maximum Gasteiger partial charge on any atom is 0.455 e. The van der Waals surface area contributed by atoms with Gasteiger partial charge in [0.15, 0.2) is 5.82 Å². The van der Waals surface area contributed by atoms with Crippen molar-refractivity contribution in [2.75, 3.05) is 5.32 Å². The fourth-order valence-electron chi connectivity index (χ4n) is 4.25. The van der Waals surface area contributed by atoms with Gasteiger partial charge in [-0.15, -0.1) is 10.2 Å². The number of pyridine rings is 2. The van der Waals surface area contributed by atoms with E-state index in [2.05, 4.69) is 41.1 Å². The zero-order chi connectivity index (χ0) is 32.5. The minimum atomic E-state index is -4.79. The molecule has 5 aromatic rings. The van der Waals surface area contributed by atoms with Crippen LogP contribution in [0.15, 0.2) is 48.7 Å². The lowest BCUT2D eigenvalue weighted by Gasteiger charge is -2.15. The molecule has 0 atom stereocenters. The summed E-state index contributed by atoms with van der Waals surface area (Å²) in [6.45, 7) is 5.22. The molecule has 0 aliphatic heterocycles. The van der Waals surface area contributed by atoms with Crippen LogP contribution in [0.25, 0.3) is 5.82 Å². The van der Waals surface area contributed by atoms with Gasteiger partial charge >= 0.3 is 6.18 Å². The first-order valence-corrected chi connectivity index (χ1v) is 13.9. The van der Waals surface area contributed by atoms with Crippen LogP contribution in [0.4, 0.5) is 18.9 Å². The number of benzene rings is 1. The van der Waals surface area contributed by atoms with Crippen LogP contribution < -0.4 is 10.6 Å². The number of amides is 2. The van der Waals surface area contributed by atoms with Crippen molar-refractivity contribution in [1.82, 2.24) is 45.3 Å². The summed E-state index contributed by atoms with van der Waals surface area (Å²) in [5.74, 6) is -2.60. The summed E-state index contributed by atoms with van der Waals surface area (Å²) in [6, 6.07) is 11.1. The lowest BCUT2D eigenvalue weighted by molar-refractivity contribution is -0.145. The van der Waals surface area contributed by atoms with Crippen molar-refractivity contribution in [2.24, 2.45) is 0 Å². The maximum absolute atomic E-state index is 13.8. The molecule has 0 saturated heterocycles. The third-order valence-electron chi connectivity index (χ3n) is 6.56. The topological polar surface area (TPSA) is 145 Å². The van der Waals surface area contributed by atoms with E-state index in [-0.39, 0.29) is 51.6 Å². The summed E-state index contributed by atoms with van der Waals surface area (Å²) in [6.07, 6.45) is -3.37. The van der Waals surface area contributed by atoms with Gasteiger partial charge in [-0.25, -0.2) is 9.67 Å². The molecule has 0 radical (unpaired) electrons. The average molecular weight is 659 g/mol. The summed E-state index contributed by atoms with van der Waals surface area (Å²) in [5.41, 5.74) is 3.23. The molecular formula is C28H23Cl2F3N10O2. The Labute approximate surface area is 263 Å². The van der Waals surface area contributed by atoms with E-state index in [0.29, 0.717) is 16.1 Å². The molecule has 0 spiro atoms. The number of nitrogens with one attached hydrogen (secondary N) is 2. The van der Waals surface area contributed by atoms with Crippen LogP contribution in [0.2, 0.25) is 10.0 Å². The number of carbonyl (C=O) groups is 2. The Morgan fingerprint density at radius 2 is 1.73 bits per heavy atom. The molecule has 4 heterocycles. The van der Waals surface area contributed by atoms with Crippen molar-refractivity contribution in [1.29, 1.82) is 0 Å². The monoisotopic (exact) mass is 658 g/mol. The first kappa shape index (κ1) is 31.5. The van der Waals surface area contributed by atoms with Crippen molar-refractivity contribution >= 4 is 40.7 Å². The highest BCUT2D eigenvalue weighted by molar-refractivity contribution is 6.32. The molecule has 4 aromatic heterocycles. The van der Waals surface area contributed by atoms with Gasteiger partial charge in [0, 0.05) is 16.9 Å². The summed E-state index contributed by atoms with van der Waals surface area (Å²) in [4.78, 5) is 36.4. The fourth-order valence-corrected chi connectivity index (χ4v) is 4.72. The third-order valence-corrected chi connectivity index (χ3v) is 7.08. The van der Waals surface area contributed by atoms with Gasteiger partial charge in [-0.05, 0) is 73.5 Å². The largest absolute Gasteiger partial charge is 0.455 e. The van der Waals surface area contributed by atoms with Gasteiger partial charge in [0.2, 0.25) is 0 Å². The van der Waals surface area contributed by atoms with E-state index in [1.165, 1.54) is 24.4 Å². The first-order chi connectivity index (χ1) is 21.3. The van der Waals surface area contributed by atoms with Gasteiger partial charge < -0.3 is 10.6 Å². The number of halogens is 5. The minimum absolute atomic E-state index is 0.0739. The van der Waals surface area contributed by atoms with Gasteiger partial charge in [0.05, 0.1) is 34.2 Å². The van der Waals surface area contributed by atoms with E-state index in [9.17, 15) is 22.8 Å². The standard InChI is InChI=1S/C28H23Cl2F3N10O2/c1-14-6-7-18(36-16(14)3)12-35-25(44)20-10-17(29)9-15(2)23(20)37-26(45)22-11-19(13-42-40-27(38-41-42)28(31,32)33)39-43(22)24-21(30)5-4-8-34-24/h4-11H,12-13H2,1-3H3,(H,35,44)(H,37,45). The summed E-state index contributed by atoms with van der Waals surface area (Å²) >= 11 is 12.6. The summed E-state index contributed by atoms with van der Waals surface area (Å²) in [7, 11) is 0. The van der Waals surface area contributed by atoms with Crippen molar-refractivity contribution in [2.45, 2.75) is 40.0 Å². The molecule has 12 nitrogen and oxygen atoms in total.